The maximum atomic E-state index is 13.8. The van der Waals surface area contributed by atoms with Crippen LogP contribution in [0.15, 0.2) is 77.6 Å². The number of benzene rings is 2. The molecule has 3 heterocycles. The van der Waals surface area contributed by atoms with Crippen LogP contribution in [0.25, 0.3) is 45.4 Å². The van der Waals surface area contributed by atoms with E-state index in [2.05, 4.69) is 46.1 Å². The monoisotopic (exact) mass is 630 g/mol. The molecule has 47 heavy (non-hydrogen) atoms. The van der Waals surface area contributed by atoms with E-state index in [1.54, 1.807) is 6.08 Å². The van der Waals surface area contributed by atoms with Crippen LogP contribution in [-0.4, -0.2) is 52.6 Å². The SMILES string of the molecule is CC.O=NC(=O)C1=CC=c2c(C3CCCCC3)c(-c3ccc4ncc(-c5ccccc5)cc4c3)n(CC(=O)N3CCOCC3)c2=CC1. The van der Waals surface area contributed by atoms with Gasteiger partial charge in [0, 0.05) is 51.6 Å². The minimum atomic E-state index is -0.751. The van der Waals surface area contributed by atoms with E-state index >= 15 is 0 Å². The number of carbonyl (C=O) groups is 2. The molecule has 0 N–H and O–H groups in total. The molecule has 2 amide bonds. The maximum Gasteiger partial charge on any atom is 0.313 e. The van der Waals surface area contributed by atoms with Gasteiger partial charge in [0.1, 0.15) is 6.54 Å². The summed E-state index contributed by atoms with van der Waals surface area (Å²) in [4.78, 5) is 44.0. The summed E-state index contributed by atoms with van der Waals surface area (Å²) >= 11 is 0. The van der Waals surface area contributed by atoms with Crippen molar-refractivity contribution in [3.63, 3.8) is 0 Å². The normalized spacial score (nSPS) is 16.5. The summed E-state index contributed by atoms with van der Waals surface area (Å²) in [5.41, 5.74) is 6.72. The van der Waals surface area contributed by atoms with Crippen molar-refractivity contribution in [2.24, 2.45) is 5.18 Å². The third kappa shape index (κ3) is 6.74. The first-order valence-electron chi connectivity index (χ1n) is 16.9. The van der Waals surface area contributed by atoms with Gasteiger partial charge in [-0.15, -0.1) is 4.91 Å². The lowest BCUT2D eigenvalue weighted by Gasteiger charge is -2.28. The summed E-state index contributed by atoms with van der Waals surface area (Å²) in [6.07, 6.45) is 13.5. The van der Waals surface area contributed by atoms with Gasteiger partial charge in [-0.2, -0.15) is 0 Å². The van der Waals surface area contributed by atoms with E-state index in [9.17, 15) is 14.5 Å². The number of pyridine rings is 1. The number of ether oxygens (including phenoxy) is 1. The number of morpholine rings is 1. The second-order valence-corrected chi connectivity index (χ2v) is 12.1. The van der Waals surface area contributed by atoms with Crippen molar-refractivity contribution in [2.75, 3.05) is 26.3 Å². The van der Waals surface area contributed by atoms with Gasteiger partial charge in [0.15, 0.2) is 0 Å². The van der Waals surface area contributed by atoms with Gasteiger partial charge >= 0.3 is 5.91 Å². The Bertz CT molecular complexity index is 1930. The predicted octanol–water partition coefficient (Wildman–Crippen LogP) is 6.49. The summed E-state index contributed by atoms with van der Waals surface area (Å²) in [5.74, 6) is -0.400. The Morgan fingerprint density at radius 3 is 2.40 bits per heavy atom. The molecule has 1 aliphatic heterocycles. The molecule has 0 spiro atoms. The van der Waals surface area contributed by atoms with Crippen molar-refractivity contribution >= 4 is 34.9 Å². The average molecular weight is 631 g/mol. The van der Waals surface area contributed by atoms with Gasteiger partial charge in [-0.3, -0.25) is 14.6 Å². The van der Waals surface area contributed by atoms with Gasteiger partial charge < -0.3 is 14.2 Å². The Balaban J connectivity index is 0.00000190. The summed E-state index contributed by atoms with van der Waals surface area (Å²) < 4.78 is 7.67. The summed E-state index contributed by atoms with van der Waals surface area (Å²) in [6, 6.07) is 18.8. The number of carbonyl (C=O) groups excluding carboxylic acids is 2. The molecule has 4 aromatic rings. The Hall–Kier alpha value is -4.69. The highest BCUT2D eigenvalue weighted by molar-refractivity contribution is 5.96. The number of aromatic nitrogens is 2. The molecule has 2 aliphatic carbocycles. The van der Waals surface area contributed by atoms with E-state index < -0.39 is 5.91 Å². The molecule has 0 bridgehead atoms. The minimum Gasteiger partial charge on any atom is -0.378 e. The lowest BCUT2D eigenvalue weighted by molar-refractivity contribution is -0.135. The van der Waals surface area contributed by atoms with E-state index in [0.717, 1.165) is 69.5 Å². The van der Waals surface area contributed by atoms with Gasteiger partial charge in [0.2, 0.25) is 5.91 Å². The smallest absolute Gasteiger partial charge is 0.313 e. The standard InChI is InChI=1S/C37H36N4O4.C2H6/c42-34(40-17-19-45-20-18-40)24-41-33-16-13-27(37(43)39-44)11-14-31(33)35(26-9-5-2-6-10-26)36(41)28-12-15-32-29(21-28)22-30(23-38-32)25-7-3-1-4-8-25;1-2/h1,3-4,7-8,11-12,14-16,21-23,26H,2,5-6,9-10,13,17-20,24H2;1-2H3. The number of amides is 2. The van der Waals surface area contributed by atoms with E-state index in [-0.39, 0.29) is 18.9 Å². The topological polar surface area (TPSA) is 93.9 Å². The fourth-order valence-corrected chi connectivity index (χ4v) is 7.14. The molecule has 1 saturated heterocycles. The Morgan fingerprint density at radius 2 is 1.66 bits per heavy atom. The number of nitrogens with zero attached hydrogens (tertiary/aromatic N) is 4. The summed E-state index contributed by atoms with van der Waals surface area (Å²) in [7, 11) is 0. The van der Waals surface area contributed by atoms with Crippen molar-refractivity contribution in [3.05, 3.63) is 93.5 Å². The molecule has 0 unspecified atom stereocenters. The molecule has 1 saturated carbocycles. The van der Waals surface area contributed by atoms with Crippen LogP contribution in [0.3, 0.4) is 0 Å². The average Bonchev–Trinajstić information content (AvgIpc) is 3.28. The Labute approximate surface area is 275 Å². The van der Waals surface area contributed by atoms with Gasteiger partial charge in [0.25, 0.3) is 0 Å². The molecular weight excluding hydrogens is 588 g/mol. The molecule has 7 rings (SSSR count). The molecule has 242 valence electrons. The molecule has 2 aromatic heterocycles. The van der Waals surface area contributed by atoms with Crippen LogP contribution in [0, 0.1) is 4.91 Å². The second-order valence-electron chi connectivity index (χ2n) is 12.1. The quantitative estimate of drug-likeness (QED) is 0.227. The highest BCUT2D eigenvalue weighted by Gasteiger charge is 2.28. The molecule has 0 radical (unpaired) electrons. The number of rotatable bonds is 6. The zero-order valence-corrected chi connectivity index (χ0v) is 27.3. The first-order valence-corrected chi connectivity index (χ1v) is 16.9. The first kappa shape index (κ1) is 32.3. The van der Waals surface area contributed by atoms with Crippen LogP contribution in [0.5, 0.6) is 0 Å². The van der Waals surface area contributed by atoms with E-state index in [4.69, 9.17) is 9.72 Å². The first-order chi connectivity index (χ1) is 23.1. The van der Waals surface area contributed by atoms with Crippen molar-refractivity contribution < 1.29 is 14.3 Å². The van der Waals surface area contributed by atoms with Crippen molar-refractivity contribution in [3.8, 4) is 22.4 Å². The van der Waals surface area contributed by atoms with E-state index in [0.29, 0.717) is 37.8 Å². The molecule has 2 fully saturated rings. The van der Waals surface area contributed by atoms with Gasteiger partial charge in [-0.25, -0.2) is 0 Å². The van der Waals surface area contributed by atoms with Gasteiger partial charge in [-0.05, 0) is 60.1 Å². The fraction of sp³-hybridized carbons (Fsp3) is 0.359. The Kier molecular flexibility index (Phi) is 10.2. The van der Waals surface area contributed by atoms with Crippen LogP contribution < -0.4 is 10.6 Å². The molecular formula is C39H42N4O4. The largest absolute Gasteiger partial charge is 0.378 e. The number of fused-ring (bicyclic) bond motifs is 2. The Morgan fingerprint density at radius 1 is 0.915 bits per heavy atom. The minimum absolute atomic E-state index is 0.0397. The van der Waals surface area contributed by atoms with Crippen LogP contribution in [0.2, 0.25) is 0 Å². The maximum absolute atomic E-state index is 13.8. The number of nitroso groups, excluding NO2 is 1. The lowest BCUT2D eigenvalue weighted by Crippen LogP contribution is -2.44. The van der Waals surface area contributed by atoms with Crippen LogP contribution >= 0.6 is 0 Å². The van der Waals surface area contributed by atoms with E-state index in [1.807, 2.05) is 55.3 Å². The molecule has 3 aliphatic rings. The van der Waals surface area contributed by atoms with E-state index in [1.165, 1.54) is 12.0 Å². The highest BCUT2D eigenvalue weighted by Crippen LogP contribution is 2.37. The zero-order chi connectivity index (χ0) is 32.8. The van der Waals surface area contributed by atoms with Crippen molar-refractivity contribution in [1.82, 2.24) is 14.5 Å². The predicted molar refractivity (Wildman–Crippen MR) is 187 cm³/mol. The molecule has 8 nitrogen and oxygen atoms in total. The van der Waals surface area contributed by atoms with Crippen LogP contribution in [0.4, 0.5) is 0 Å². The molecule has 2 aromatic carbocycles. The van der Waals surface area contributed by atoms with Crippen molar-refractivity contribution in [2.45, 2.75) is 64.8 Å². The fourth-order valence-electron chi connectivity index (χ4n) is 7.14. The van der Waals surface area contributed by atoms with Crippen LogP contribution in [0.1, 0.15) is 63.9 Å². The third-order valence-corrected chi connectivity index (χ3v) is 9.44. The van der Waals surface area contributed by atoms with Gasteiger partial charge in [-0.1, -0.05) is 87.7 Å². The zero-order valence-electron chi connectivity index (χ0n) is 27.3. The molecule has 0 atom stereocenters. The van der Waals surface area contributed by atoms with Crippen molar-refractivity contribution in [1.29, 1.82) is 0 Å². The highest BCUT2D eigenvalue weighted by atomic mass is 16.5. The number of hydrogen-bond acceptors (Lipinski definition) is 5. The third-order valence-electron chi connectivity index (χ3n) is 9.44. The summed E-state index contributed by atoms with van der Waals surface area (Å²) in [5, 5.41) is 5.65. The lowest BCUT2D eigenvalue weighted by atomic mass is 9.82. The summed E-state index contributed by atoms with van der Waals surface area (Å²) in [6.45, 7) is 6.37. The van der Waals surface area contributed by atoms with Gasteiger partial charge in [0.05, 0.1) is 24.4 Å². The molecule has 8 heteroatoms. The second kappa shape index (κ2) is 14.8. The van der Waals surface area contributed by atoms with Crippen LogP contribution in [-0.2, 0) is 20.9 Å². The number of allylic oxidation sites excluding steroid dienone is 1. The number of hydrogen-bond donors (Lipinski definition) is 0.